The van der Waals surface area contributed by atoms with E-state index in [1.54, 1.807) is 24.5 Å². The molecule has 0 fully saturated rings. The first-order chi connectivity index (χ1) is 18.5. The summed E-state index contributed by atoms with van der Waals surface area (Å²) in [4.78, 5) is 38.6. The third-order valence-corrected chi connectivity index (χ3v) is 7.72. The maximum atomic E-state index is 12.1. The maximum Gasteiger partial charge on any atom is 0.356 e. The van der Waals surface area contributed by atoms with E-state index in [0.29, 0.717) is 21.8 Å². The fraction of sp³-hybridized carbons (Fsp3) is 0. The fourth-order valence-corrected chi connectivity index (χ4v) is 5.73. The zero-order chi connectivity index (χ0) is 25.9. The Morgan fingerprint density at radius 1 is 0.553 bits per heavy atom. The molecule has 0 saturated carbocycles. The molecule has 0 atom stereocenters. The molecule has 0 aliphatic carbocycles. The standard InChI is InChI=1S/C30H19N4O3P/c35-38(36,37)26-17-22-11-13-25(34-29(22)30-23(26)7-3-15-32-30)21-5-1-4-20(16-21)24-12-10-19-9-8-18-6-2-14-31-27(18)28(19)33-24/h1-17H,(H2,35,36,37). The van der Waals surface area contributed by atoms with Gasteiger partial charge >= 0.3 is 7.60 Å². The summed E-state index contributed by atoms with van der Waals surface area (Å²) in [6, 6.07) is 28.6. The van der Waals surface area contributed by atoms with Crippen molar-refractivity contribution in [3.8, 4) is 22.5 Å². The Kier molecular flexibility index (Phi) is 5.06. The molecule has 7 nitrogen and oxygen atoms in total. The minimum absolute atomic E-state index is 0.0472. The summed E-state index contributed by atoms with van der Waals surface area (Å²) in [6.45, 7) is 0. The highest BCUT2D eigenvalue weighted by Gasteiger charge is 2.23. The molecule has 182 valence electrons. The van der Waals surface area contributed by atoms with E-state index in [1.807, 2.05) is 54.6 Å². The first kappa shape index (κ1) is 22.6. The van der Waals surface area contributed by atoms with Gasteiger partial charge in [-0.2, -0.15) is 0 Å². The summed E-state index contributed by atoms with van der Waals surface area (Å²) in [5, 5.41) is 3.04. The Labute approximate surface area is 216 Å². The Bertz CT molecular complexity index is 2110. The van der Waals surface area contributed by atoms with Crippen molar-refractivity contribution in [3.05, 3.63) is 103 Å². The summed E-state index contributed by atoms with van der Waals surface area (Å²) in [5.41, 5.74) is 6.16. The molecule has 0 bridgehead atoms. The molecule has 7 rings (SSSR count). The van der Waals surface area contributed by atoms with Crippen LogP contribution < -0.4 is 5.30 Å². The Balaban J connectivity index is 1.38. The summed E-state index contributed by atoms with van der Waals surface area (Å²) in [5.74, 6) is 0. The van der Waals surface area contributed by atoms with Crippen LogP contribution in [0.1, 0.15) is 0 Å². The molecule has 4 heterocycles. The van der Waals surface area contributed by atoms with Crippen LogP contribution in [0, 0.1) is 0 Å². The minimum Gasteiger partial charge on any atom is -0.321 e. The van der Waals surface area contributed by atoms with Crippen molar-refractivity contribution < 1.29 is 14.4 Å². The molecular formula is C30H19N4O3P. The van der Waals surface area contributed by atoms with Gasteiger partial charge in [-0.05, 0) is 36.4 Å². The third kappa shape index (κ3) is 3.73. The van der Waals surface area contributed by atoms with Crippen LogP contribution in [-0.4, -0.2) is 29.7 Å². The molecule has 7 aromatic rings. The van der Waals surface area contributed by atoms with Gasteiger partial charge in [0.2, 0.25) is 0 Å². The first-order valence-electron chi connectivity index (χ1n) is 12.0. The summed E-state index contributed by atoms with van der Waals surface area (Å²) < 4.78 is 12.1. The highest BCUT2D eigenvalue weighted by molar-refractivity contribution is 7.60. The van der Waals surface area contributed by atoms with Gasteiger partial charge in [0.25, 0.3) is 0 Å². The van der Waals surface area contributed by atoms with Crippen LogP contribution in [-0.2, 0) is 4.57 Å². The Morgan fingerprint density at radius 2 is 1.13 bits per heavy atom. The Morgan fingerprint density at radius 3 is 1.84 bits per heavy atom. The molecule has 3 aromatic carbocycles. The van der Waals surface area contributed by atoms with Crippen molar-refractivity contribution in [2.75, 3.05) is 0 Å². The number of hydrogen-bond acceptors (Lipinski definition) is 5. The van der Waals surface area contributed by atoms with E-state index < -0.39 is 7.60 Å². The van der Waals surface area contributed by atoms with Gasteiger partial charge in [0.05, 0.1) is 38.8 Å². The zero-order valence-corrected chi connectivity index (χ0v) is 20.7. The van der Waals surface area contributed by atoms with E-state index in [9.17, 15) is 14.4 Å². The smallest absolute Gasteiger partial charge is 0.321 e. The second-order valence-corrected chi connectivity index (χ2v) is 10.7. The molecule has 8 heteroatoms. The maximum absolute atomic E-state index is 12.1. The molecule has 0 unspecified atom stereocenters. The molecule has 38 heavy (non-hydrogen) atoms. The second-order valence-electron chi connectivity index (χ2n) is 9.10. The fourth-order valence-electron chi connectivity index (χ4n) is 4.93. The number of rotatable bonds is 3. The number of aromatic nitrogens is 4. The lowest BCUT2D eigenvalue weighted by Gasteiger charge is -2.12. The van der Waals surface area contributed by atoms with Crippen LogP contribution in [0.25, 0.3) is 66.1 Å². The van der Waals surface area contributed by atoms with Crippen LogP contribution in [0.5, 0.6) is 0 Å². The largest absolute Gasteiger partial charge is 0.356 e. The van der Waals surface area contributed by atoms with Crippen molar-refractivity contribution in [1.29, 1.82) is 0 Å². The van der Waals surface area contributed by atoms with E-state index in [-0.39, 0.29) is 5.30 Å². The molecule has 2 N–H and O–H groups in total. The average molecular weight is 514 g/mol. The van der Waals surface area contributed by atoms with Crippen LogP contribution in [0.4, 0.5) is 0 Å². The van der Waals surface area contributed by atoms with E-state index in [4.69, 9.17) is 9.97 Å². The van der Waals surface area contributed by atoms with Crippen molar-refractivity contribution in [2.45, 2.75) is 0 Å². The van der Waals surface area contributed by atoms with Gasteiger partial charge in [-0.3, -0.25) is 14.5 Å². The lowest BCUT2D eigenvalue weighted by Crippen LogP contribution is -2.07. The van der Waals surface area contributed by atoms with Crippen molar-refractivity contribution >= 4 is 56.5 Å². The quantitative estimate of drug-likeness (QED) is 0.219. The predicted octanol–water partition coefficient (Wildman–Crippen LogP) is 6.02. The van der Waals surface area contributed by atoms with Gasteiger partial charge in [-0.1, -0.05) is 54.6 Å². The second kappa shape index (κ2) is 8.50. The monoisotopic (exact) mass is 514 g/mol. The number of fused-ring (bicyclic) bond motifs is 6. The van der Waals surface area contributed by atoms with Crippen LogP contribution >= 0.6 is 7.60 Å². The van der Waals surface area contributed by atoms with Gasteiger partial charge in [-0.15, -0.1) is 0 Å². The van der Waals surface area contributed by atoms with Gasteiger partial charge in [0.1, 0.15) is 0 Å². The molecule has 0 radical (unpaired) electrons. The summed E-state index contributed by atoms with van der Waals surface area (Å²) >= 11 is 0. The van der Waals surface area contributed by atoms with Crippen molar-refractivity contribution in [3.63, 3.8) is 0 Å². The first-order valence-corrected chi connectivity index (χ1v) is 13.6. The van der Waals surface area contributed by atoms with Gasteiger partial charge in [0.15, 0.2) is 0 Å². The number of hydrogen-bond donors (Lipinski definition) is 2. The molecule has 0 aliphatic heterocycles. The number of nitrogens with zero attached hydrogens (tertiary/aromatic N) is 4. The molecule has 4 aromatic heterocycles. The minimum atomic E-state index is -4.49. The van der Waals surface area contributed by atoms with Gasteiger partial charge in [0, 0.05) is 45.1 Å². The van der Waals surface area contributed by atoms with E-state index in [1.165, 1.54) is 6.07 Å². The molecule has 0 spiro atoms. The van der Waals surface area contributed by atoms with Crippen LogP contribution in [0.15, 0.2) is 103 Å². The summed E-state index contributed by atoms with van der Waals surface area (Å²) in [6.07, 6.45) is 3.38. The predicted molar refractivity (Wildman–Crippen MR) is 150 cm³/mol. The lowest BCUT2D eigenvalue weighted by atomic mass is 10.0. The average Bonchev–Trinajstić information content (AvgIpc) is 2.95. The van der Waals surface area contributed by atoms with Crippen molar-refractivity contribution in [2.24, 2.45) is 0 Å². The number of benzene rings is 3. The molecule has 0 saturated heterocycles. The topological polar surface area (TPSA) is 109 Å². The summed E-state index contributed by atoms with van der Waals surface area (Å²) in [7, 11) is -4.49. The van der Waals surface area contributed by atoms with Gasteiger partial charge in [-0.25, -0.2) is 9.97 Å². The normalized spacial score (nSPS) is 12.1. The van der Waals surface area contributed by atoms with Gasteiger partial charge < -0.3 is 9.79 Å². The highest BCUT2D eigenvalue weighted by Crippen LogP contribution is 2.38. The lowest BCUT2D eigenvalue weighted by molar-refractivity contribution is 0.388. The van der Waals surface area contributed by atoms with Crippen molar-refractivity contribution in [1.82, 2.24) is 19.9 Å². The molecule has 0 aliphatic rings. The molecule has 0 amide bonds. The van der Waals surface area contributed by atoms with Crippen LogP contribution in [0.2, 0.25) is 0 Å². The number of pyridine rings is 4. The third-order valence-electron chi connectivity index (χ3n) is 6.73. The zero-order valence-electron chi connectivity index (χ0n) is 19.9. The highest BCUT2D eigenvalue weighted by atomic mass is 31.2. The SMILES string of the molecule is O=P(O)(O)c1cc2ccc(-c3cccc(-c4ccc5ccc6cccnc6c5n4)c3)nc2c2ncccc12. The van der Waals surface area contributed by atoms with E-state index in [0.717, 1.165) is 44.3 Å². The Hall–Kier alpha value is -4.55. The van der Waals surface area contributed by atoms with E-state index in [2.05, 4.69) is 28.2 Å². The van der Waals surface area contributed by atoms with E-state index >= 15 is 0 Å². The van der Waals surface area contributed by atoms with Crippen LogP contribution in [0.3, 0.4) is 0 Å². The molecular weight excluding hydrogens is 495 g/mol.